The molecule has 1 aliphatic heterocycles. The summed E-state index contributed by atoms with van der Waals surface area (Å²) >= 11 is 0. The van der Waals surface area contributed by atoms with Gasteiger partial charge in [-0.1, -0.05) is 49.4 Å². The molecule has 0 radical (unpaired) electrons. The van der Waals surface area contributed by atoms with E-state index >= 15 is 0 Å². The second-order valence-corrected chi connectivity index (χ2v) is 6.77. The van der Waals surface area contributed by atoms with Crippen LogP contribution in [0, 0.1) is 16.0 Å². The van der Waals surface area contributed by atoms with E-state index in [1.54, 1.807) is 18.2 Å². The molecule has 1 aliphatic rings. The molecule has 0 aliphatic carbocycles. The molecule has 26 heavy (non-hydrogen) atoms. The maximum Gasteiger partial charge on any atom is 0.270 e. The second kappa shape index (κ2) is 7.95. The average molecular weight is 350 g/mol. The van der Waals surface area contributed by atoms with Crippen molar-refractivity contribution in [1.29, 1.82) is 0 Å². The van der Waals surface area contributed by atoms with Gasteiger partial charge in [-0.25, -0.2) is 0 Å². The van der Waals surface area contributed by atoms with Crippen molar-refractivity contribution in [3.05, 3.63) is 75.8 Å². The number of carbonyl (C=O) groups excluding carboxylic acids is 1. The molecule has 0 saturated carbocycles. The molecule has 0 bridgehead atoms. The number of amides is 1. The third kappa shape index (κ3) is 4.17. The third-order valence-electron chi connectivity index (χ3n) is 4.65. The minimum atomic E-state index is -0.423. The summed E-state index contributed by atoms with van der Waals surface area (Å²) in [7, 11) is 0. The van der Waals surface area contributed by atoms with Gasteiger partial charge in [-0.2, -0.15) is 0 Å². The Morgan fingerprint density at radius 3 is 2.65 bits per heavy atom. The van der Waals surface area contributed by atoms with Crippen LogP contribution in [0.1, 0.15) is 30.9 Å². The zero-order valence-electron chi connectivity index (χ0n) is 14.8. The summed E-state index contributed by atoms with van der Waals surface area (Å²) < 4.78 is 0. The van der Waals surface area contributed by atoms with Crippen molar-refractivity contribution in [2.75, 3.05) is 13.1 Å². The van der Waals surface area contributed by atoms with Gasteiger partial charge in [0.25, 0.3) is 11.6 Å². The third-order valence-corrected chi connectivity index (χ3v) is 4.65. The molecule has 3 rings (SSSR count). The van der Waals surface area contributed by atoms with Crippen molar-refractivity contribution in [3.8, 4) is 0 Å². The van der Waals surface area contributed by atoms with Gasteiger partial charge in [0.15, 0.2) is 0 Å². The van der Waals surface area contributed by atoms with Gasteiger partial charge in [0.05, 0.1) is 4.92 Å². The number of rotatable bonds is 4. The van der Waals surface area contributed by atoms with Gasteiger partial charge in [-0.05, 0) is 36.0 Å². The maximum atomic E-state index is 13.2. The van der Waals surface area contributed by atoms with E-state index in [9.17, 15) is 14.9 Å². The summed E-state index contributed by atoms with van der Waals surface area (Å²) in [5.41, 5.74) is 2.06. The van der Waals surface area contributed by atoms with E-state index in [4.69, 9.17) is 0 Å². The number of benzene rings is 2. The van der Waals surface area contributed by atoms with E-state index in [1.165, 1.54) is 12.1 Å². The molecule has 1 amide bonds. The van der Waals surface area contributed by atoms with E-state index in [1.807, 2.05) is 35.2 Å². The summed E-state index contributed by atoms with van der Waals surface area (Å²) in [6, 6.07) is 15.8. The van der Waals surface area contributed by atoms with Crippen LogP contribution in [0.15, 0.2) is 54.6 Å². The first-order valence-corrected chi connectivity index (χ1v) is 8.85. The number of hydrogen-bond donors (Lipinski definition) is 0. The van der Waals surface area contributed by atoms with Crippen molar-refractivity contribution in [3.63, 3.8) is 0 Å². The first kappa shape index (κ1) is 17.9. The van der Waals surface area contributed by atoms with Gasteiger partial charge in [0, 0.05) is 30.8 Å². The van der Waals surface area contributed by atoms with Gasteiger partial charge in [0.2, 0.25) is 0 Å². The van der Waals surface area contributed by atoms with Gasteiger partial charge < -0.3 is 4.90 Å². The minimum Gasteiger partial charge on any atom is -0.338 e. The molecular formula is C21H22N2O3. The number of likely N-dealkylation sites (tertiary alicyclic amines) is 1. The quantitative estimate of drug-likeness (QED) is 0.355. The van der Waals surface area contributed by atoms with Crippen LogP contribution < -0.4 is 0 Å². The van der Waals surface area contributed by atoms with E-state index in [2.05, 4.69) is 6.92 Å². The number of nitro groups is 1. The van der Waals surface area contributed by atoms with Crippen LogP contribution in [0.3, 0.4) is 0 Å². The van der Waals surface area contributed by atoms with Gasteiger partial charge in [0.1, 0.15) is 0 Å². The zero-order valence-corrected chi connectivity index (χ0v) is 14.8. The fourth-order valence-electron chi connectivity index (χ4n) is 3.33. The Kier molecular flexibility index (Phi) is 5.46. The van der Waals surface area contributed by atoms with Crippen molar-refractivity contribution >= 4 is 23.2 Å². The lowest BCUT2D eigenvalue weighted by molar-refractivity contribution is -0.384. The van der Waals surface area contributed by atoms with Crippen LogP contribution in [0.5, 0.6) is 0 Å². The average Bonchev–Trinajstić information content (AvgIpc) is 2.66. The summed E-state index contributed by atoms with van der Waals surface area (Å²) in [6.07, 6.45) is 3.90. The molecule has 0 spiro atoms. The highest BCUT2D eigenvalue weighted by Gasteiger charge is 2.24. The molecule has 0 aromatic heterocycles. The maximum absolute atomic E-state index is 13.2. The molecule has 134 valence electrons. The topological polar surface area (TPSA) is 63.5 Å². The Hall–Kier alpha value is -2.95. The largest absolute Gasteiger partial charge is 0.338 e. The summed E-state index contributed by atoms with van der Waals surface area (Å²) in [5.74, 6) is 0.469. The van der Waals surface area contributed by atoms with Crippen molar-refractivity contribution in [2.24, 2.45) is 5.92 Å². The second-order valence-electron chi connectivity index (χ2n) is 6.77. The van der Waals surface area contributed by atoms with Crippen LogP contribution in [0.25, 0.3) is 11.6 Å². The number of piperidine rings is 1. The first-order valence-electron chi connectivity index (χ1n) is 8.85. The highest BCUT2D eigenvalue weighted by molar-refractivity contribution is 6.24. The fraction of sp³-hybridized carbons (Fsp3) is 0.286. The molecule has 1 fully saturated rings. The molecule has 2 aromatic rings. The molecule has 5 nitrogen and oxygen atoms in total. The Balaban J connectivity index is 2.00. The van der Waals surface area contributed by atoms with Crippen LogP contribution in [0.4, 0.5) is 5.69 Å². The first-order chi connectivity index (χ1) is 12.5. The Morgan fingerprint density at radius 2 is 1.96 bits per heavy atom. The van der Waals surface area contributed by atoms with E-state index in [-0.39, 0.29) is 11.6 Å². The van der Waals surface area contributed by atoms with Crippen molar-refractivity contribution < 1.29 is 9.72 Å². The predicted octanol–water partition coefficient (Wildman–Crippen LogP) is 4.39. The number of non-ortho nitro benzene ring substituents is 1. The highest BCUT2D eigenvalue weighted by atomic mass is 16.6. The van der Waals surface area contributed by atoms with Crippen LogP contribution in [0.2, 0.25) is 0 Å². The highest BCUT2D eigenvalue weighted by Crippen LogP contribution is 2.25. The number of nitrogens with zero attached hydrogens (tertiary/aromatic N) is 2. The van der Waals surface area contributed by atoms with E-state index in [0.717, 1.165) is 31.5 Å². The van der Waals surface area contributed by atoms with E-state index < -0.39 is 4.92 Å². The smallest absolute Gasteiger partial charge is 0.270 e. The molecular weight excluding hydrogens is 328 g/mol. The molecule has 1 unspecified atom stereocenters. The lowest BCUT2D eigenvalue weighted by atomic mass is 9.97. The predicted molar refractivity (Wildman–Crippen MR) is 102 cm³/mol. The van der Waals surface area contributed by atoms with Gasteiger partial charge in [-0.3, -0.25) is 14.9 Å². The normalized spacial score (nSPS) is 17.8. The summed E-state index contributed by atoms with van der Waals surface area (Å²) in [6.45, 7) is 3.66. The lowest BCUT2D eigenvalue weighted by Gasteiger charge is -2.31. The summed E-state index contributed by atoms with van der Waals surface area (Å²) in [5, 5.41) is 11.0. The number of carbonyl (C=O) groups is 1. The molecule has 1 atom stereocenters. The Bertz CT molecular complexity index is 830. The van der Waals surface area contributed by atoms with Crippen LogP contribution in [-0.4, -0.2) is 28.8 Å². The standard InChI is InChI=1S/C21H22N2O3/c1-16-7-6-12-22(15-16)21(24)20(18-9-3-2-4-10-18)14-17-8-5-11-19(13-17)23(25)26/h2-5,8-11,13-14,16H,6-7,12,15H2,1H3/b20-14+. The Morgan fingerprint density at radius 1 is 1.19 bits per heavy atom. The Labute approximate surface area is 153 Å². The molecule has 1 heterocycles. The van der Waals surface area contributed by atoms with Crippen LogP contribution in [-0.2, 0) is 4.79 Å². The number of nitro benzene ring substituents is 1. The molecule has 0 N–H and O–H groups in total. The van der Waals surface area contributed by atoms with Crippen molar-refractivity contribution in [1.82, 2.24) is 4.90 Å². The van der Waals surface area contributed by atoms with E-state index in [0.29, 0.717) is 17.1 Å². The molecule has 5 heteroatoms. The molecule has 2 aromatic carbocycles. The summed E-state index contributed by atoms with van der Waals surface area (Å²) in [4.78, 5) is 25.7. The number of hydrogen-bond acceptors (Lipinski definition) is 3. The minimum absolute atomic E-state index is 0.0187. The van der Waals surface area contributed by atoms with Gasteiger partial charge >= 0.3 is 0 Å². The fourth-order valence-corrected chi connectivity index (χ4v) is 3.33. The SMILES string of the molecule is CC1CCCN(C(=O)/C(=C/c2cccc([N+](=O)[O-])c2)c2ccccc2)C1. The van der Waals surface area contributed by atoms with Gasteiger partial charge in [-0.15, -0.1) is 0 Å². The van der Waals surface area contributed by atoms with Crippen LogP contribution >= 0.6 is 0 Å². The lowest BCUT2D eigenvalue weighted by Crippen LogP contribution is -2.39. The molecule has 1 saturated heterocycles. The monoisotopic (exact) mass is 350 g/mol. The zero-order chi connectivity index (χ0) is 18.5. The van der Waals surface area contributed by atoms with Crippen molar-refractivity contribution in [2.45, 2.75) is 19.8 Å².